The summed E-state index contributed by atoms with van der Waals surface area (Å²) in [7, 11) is 2.00. The number of aryl methyl sites for hydroxylation is 1. The molecule has 0 fully saturated rings. The van der Waals surface area contributed by atoms with Crippen molar-refractivity contribution in [2.24, 2.45) is 0 Å². The molecular weight excluding hydrogens is 284 g/mol. The highest BCUT2D eigenvalue weighted by Crippen LogP contribution is 2.22. The van der Waals surface area contributed by atoms with Crippen molar-refractivity contribution in [3.63, 3.8) is 0 Å². The Bertz CT molecular complexity index is 771. The van der Waals surface area contributed by atoms with Crippen molar-refractivity contribution < 1.29 is 0 Å². The van der Waals surface area contributed by atoms with Gasteiger partial charge in [-0.1, -0.05) is 42.5 Å². The molecule has 116 valence electrons. The highest BCUT2D eigenvalue weighted by molar-refractivity contribution is 5.61. The van der Waals surface area contributed by atoms with Crippen LogP contribution in [0, 0.1) is 6.92 Å². The SMILES string of the molecule is Cc1ccccc1CNc1cc(N(C)c2ccccc2)ncn1. The number of benzene rings is 2. The summed E-state index contributed by atoms with van der Waals surface area (Å²) in [5.41, 5.74) is 3.64. The molecule has 0 aliphatic carbocycles. The fraction of sp³-hybridized carbons (Fsp3) is 0.158. The Morgan fingerprint density at radius 2 is 1.70 bits per heavy atom. The first-order chi connectivity index (χ1) is 11.2. The Morgan fingerprint density at radius 1 is 0.957 bits per heavy atom. The molecule has 0 bridgehead atoms. The predicted octanol–water partition coefficient (Wildman–Crippen LogP) is 4.17. The summed E-state index contributed by atoms with van der Waals surface area (Å²) in [5.74, 6) is 1.68. The minimum Gasteiger partial charge on any atom is -0.366 e. The quantitative estimate of drug-likeness (QED) is 0.768. The van der Waals surface area contributed by atoms with Crippen LogP contribution in [0.4, 0.5) is 17.3 Å². The van der Waals surface area contributed by atoms with Crippen molar-refractivity contribution in [3.8, 4) is 0 Å². The molecule has 0 aliphatic rings. The lowest BCUT2D eigenvalue weighted by molar-refractivity contribution is 1.04. The Labute approximate surface area is 136 Å². The zero-order valence-corrected chi connectivity index (χ0v) is 13.4. The number of nitrogens with zero attached hydrogens (tertiary/aromatic N) is 3. The second kappa shape index (κ2) is 6.92. The summed E-state index contributed by atoms with van der Waals surface area (Å²) < 4.78 is 0. The van der Waals surface area contributed by atoms with Gasteiger partial charge in [0.1, 0.15) is 18.0 Å². The molecule has 0 saturated carbocycles. The lowest BCUT2D eigenvalue weighted by Gasteiger charge is -2.18. The van der Waals surface area contributed by atoms with E-state index >= 15 is 0 Å². The van der Waals surface area contributed by atoms with Gasteiger partial charge in [0.05, 0.1) is 0 Å². The van der Waals surface area contributed by atoms with Gasteiger partial charge in [-0.25, -0.2) is 9.97 Å². The second-order valence-corrected chi connectivity index (χ2v) is 5.44. The van der Waals surface area contributed by atoms with E-state index in [1.54, 1.807) is 6.33 Å². The van der Waals surface area contributed by atoms with E-state index in [0.29, 0.717) is 0 Å². The van der Waals surface area contributed by atoms with Gasteiger partial charge in [-0.2, -0.15) is 0 Å². The highest BCUT2D eigenvalue weighted by atomic mass is 15.2. The Morgan fingerprint density at radius 3 is 2.48 bits per heavy atom. The molecule has 23 heavy (non-hydrogen) atoms. The first-order valence-corrected chi connectivity index (χ1v) is 7.63. The molecule has 0 spiro atoms. The molecule has 0 amide bonds. The summed E-state index contributed by atoms with van der Waals surface area (Å²) in [4.78, 5) is 10.7. The van der Waals surface area contributed by atoms with E-state index in [9.17, 15) is 0 Å². The van der Waals surface area contributed by atoms with Crippen LogP contribution < -0.4 is 10.2 Å². The van der Waals surface area contributed by atoms with Crippen molar-refractivity contribution in [2.75, 3.05) is 17.3 Å². The molecule has 4 nitrogen and oxygen atoms in total. The average molecular weight is 304 g/mol. The molecule has 0 atom stereocenters. The minimum absolute atomic E-state index is 0.748. The van der Waals surface area contributed by atoms with Gasteiger partial charge >= 0.3 is 0 Å². The van der Waals surface area contributed by atoms with Crippen LogP contribution >= 0.6 is 0 Å². The van der Waals surface area contributed by atoms with Crippen LogP contribution in [-0.4, -0.2) is 17.0 Å². The van der Waals surface area contributed by atoms with E-state index in [1.165, 1.54) is 11.1 Å². The van der Waals surface area contributed by atoms with Crippen molar-refractivity contribution in [1.82, 2.24) is 9.97 Å². The maximum atomic E-state index is 4.36. The number of nitrogens with one attached hydrogen (secondary N) is 1. The number of hydrogen-bond donors (Lipinski definition) is 1. The summed E-state index contributed by atoms with van der Waals surface area (Å²) in [6.45, 7) is 2.86. The lowest BCUT2D eigenvalue weighted by atomic mass is 10.1. The van der Waals surface area contributed by atoms with Crippen molar-refractivity contribution >= 4 is 17.3 Å². The zero-order chi connectivity index (χ0) is 16.1. The minimum atomic E-state index is 0.748. The predicted molar refractivity (Wildman–Crippen MR) is 95.0 cm³/mol. The molecule has 4 heteroatoms. The second-order valence-electron chi connectivity index (χ2n) is 5.44. The van der Waals surface area contributed by atoms with Gasteiger partial charge in [-0.3, -0.25) is 0 Å². The van der Waals surface area contributed by atoms with E-state index in [0.717, 1.165) is 23.9 Å². The topological polar surface area (TPSA) is 41.0 Å². The summed E-state index contributed by atoms with van der Waals surface area (Å²) in [6.07, 6.45) is 1.59. The number of aromatic nitrogens is 2. The number of rotatable bonds is 5. The maximum Gasteiger partial charge on any atom is 0.138 e. The van der Waals surface area contributed by atoms with E-state index in [4.69, 9.17) is 0 Å². The highest BCUT2D eigenvalue weighted by Gasteiger charge is 2.06. The lowest BCUT2D eigenvalue weighted by Crippen LogP contribution is -2.12. The standard InChI is InChI=1S/C19H20N4/c1-15-8-6-7-9-16(15)13-20-18-12-19(22-14-21-18)23(2)17-10-4-3-5-11-17/h3-12,14H,13H2,1-2H3,(H,20,21,22). The Hall–Kier alpha value is -2.88. The van der Waals surface area contributed by atoms with Gasteiger partial charge in [0.25, 0.3) is 0 Å². The average Bonchev–Trinajstić information content (AvgIpc) is 2.61. The fourth-order valence-corrected chi connectivity index (χ4v) is 2.41. The molecule has 0 aliphatic heterocycles. The van der Waals surface area contributed by atoms with Gasteiger partial charge in [0.15, 0.2) is 0 Å². The molecule has 1 heterocycles. The third-order valence-corrected chi connectivity index (χ3v) is 3.86. The van der Waals surface area contributed by atoms with Gasteiger partial charge in [0.2, 0.25) is 0 Å². The van der Waals surface area contributed by atoms with Crippen molar-refractivity contribution in [2.45, 2.75) is 13.5 Å². The number of hydrogen-bond acceptors (Lipinski definition) is 4. The largest absolute Gasteiger partial charge is 0.366 e. The Balaban J connectivity index is 1.74. The first kappa shape index (κ1) is 15.0. The van der Waals surface area contributed by atoms with Crippen LogP contribution in [0.5, 0.6) is 0 Å². The fourth-order valence-electron chi connectivity index (χ4n) is 2.41. The third kappa shape index (κ3) is 3.66. The van der Waals surface area contributed by atoms with Crippen molar-refractivity contribution in [1.29, 1.82) is 0 Å². The van der Waals surface area contributed by atoms with E-state index in [-0.39, 0.29) is 0 Å². The van der Waals surface area contributed by atoms with E-state index in [1.807, 2.05) is 36.2 Å². The molecule has 1 aromatic heterocycles. The first-order valence-electron chi connectivity index (χ1n) is 7.63. The van der Waals surface area contributed by atoms with E-state index in [2.05, 4.69) is 58.6 Å². The molecule has 1 N–H and O–H groups in total. The van der Waals surface area contributed by atoms with Crippen LogP contribution in [0.25, 0.3) is 0 Å². The maximum absolute atomic E-state index is 4.36. The monoisotopic (exact) mass is 304 g/mol. The summed E-state index contributed by atoms with van der Waals surface area (Å²) in [6, 6.07) is 20.5. The van der Waals surface area contributed by atoms with E-state index < -0.39 is 0 Å². The smallest absolute Gasteiger partial charge is 0.138 e. The third-order valence-electron chi connectivity index (χ3n) is 3.86. The number of para-hydroxylation sites is 1. The molecule has 2 aromatic carbocycles. The zero-order valence-electron chi connectivity index (χ0n) is 13.4. The van der Waals surface area contributed by atoms with Crippen LogP contribution in [0.3, 0.4) is 0 Å². The van der Waals surface area contributed by atoms with Crippen molar-refractivity contribution in [3.05, 3.63) is 78.1 Å². The van der Waals surface area contributed by atoms with Crippen LogP contribution in [-0.2, 0) is 6.54 Å². The Kier molecular flexibility index (Phi) is 4.52. The molecule has 3 rings (SSSR count). The van der Waals surface area contributed by atoms with Crippen LogP contribution in [0.1, 0.15) is 11.1 Å². The van der Waals surface area contributed by atoms with Gasteiger partial charge in [0, 0.05) is 25.3 Å². The van der Waals surface area contributed by atoms with Gasteiger partial charge in [-0.15, -0.1) is 0 Å². The van der Waals surface area contributed by atoms with Crippen LogP contribution in [0.15, 0.2) is 67.0 Å². The number of anilines is 3. The summed E-state index contributed by atoms with van der Waals surface area (Å²) >= 11 is 0. The molecule has 0 radical (unpaired) electrons. The normalized spacial score (nSPS) is 10.3. The molecular formula is C19H20N4. The molecule has 0 saturated heterocycles. The van der Waals surface area contributed by atoms with Gasteiger partial charge in [-0.05, 0) is 30.2 Å². The van der Waals surface area contributed by atoms with Gasteiger partial charge < -0.3 is 10.2 Å². The van der Waals surface area contributed by atoms with Crippen LogP contribution in [0.2, 0.25) is 0 Å². The molecule has 0 unspecified atom stereocenters. The molecule has 3 aromatic rings. The summed E-state index contributed by atoms with van der Waals surface area (Å²) in [5, 5.41) is 3.37.